The number of methoxy groups -OCH3 is 1. The van der Waals surface area contributed by atoms with E-state index in [1.54, 1.807) is 38.3 Å². The van der Waals surface area contributed by atoms with Gasteiger partial charge in [0.2, 0.25) is 5.83 Å². The van der Waals surface area contributed by atoms with Crippen LogP contribution in [0.5, 0.6) is 5.75 Å². The number of halogens is 1. The number of carbonyl (C=O) groups excluding carboxylic acids is 1. The Balaban J connectivity index is 2.77. The van der Waals surface area contributed by atoms with Crippen molar-refractivity contribution in [2.24, 2.45) is 0 Å². The first kappa shape index (κ1) is 12.2. The van der Waals surface area contributed by atoms with Crippen molar-refractivity contribution in [3.8, 4) is 5.75 Å². The third kappa shape index (κ3) is 3.38. The lowest BCUT2D eigenvalue weighted by molar-refractivity contribution is -0.140. The van der Waals surface area contributed by atoms with Crippen molar-refractivity contribution >= 4 is 12.0 Å². The lowest BCUT2D eigenvalue weighted by Crippen LogP contribution is -2.03. The van der Waals surface area contributed by atoms with Gasteiger partial charge in [0.05, 0.1) is 13.7 Å². The zero-order valence-corrected chi connectivity index (χ0v) is 9.20. The third-order valence-corrected chi connectivity index (χ3v) is 1.88. The van der Waals surface area contributed by atoms with E-state index in [1.165, 1.54) is 0 Å². The van der Waals surface area contributed by atoms with Gasteiger partial charge in [-0.05, 0) is 30.7 Å². The number of hydrogen-bond donors (Lipinski definition) is 0. The molecule has 0 saturated heterocycles. The predicted octanol–water partition coefficient (Wildman–Crippen LogP) is 2.57. The molecule has 1 rings (SSSR count). The molecule has 1 aromatic carbocycles. The summed E-state index contributed by atoms with van der Waals surface area (Å²) in [6, 6.07) is 6.67. The molecule has 0 aromatic heterocycles. The Morgan fingerprint density at radius 2 is 2.00 bits per heavy atom. The lowest BCUT2D eigenvalue weighted by Gasteiger charge is -2.00. The molecule has 0 N–H and O–H groups in total. The summed E-state index contributed by atoms with van der Waals surface area (Å²) in [6.45, 7) is 1.78. The fraction of sp³-hybridized carbons (Fsp3) is 0.250. The van der Waals surface area contributed by atoms with Gasteiger partial charge in [-0.3, -0.25) is 0 Å². The summed E-state index contributed by atoms with van der Waals surface area (Å²) in [5.41, 5.74) is 0.575. The Labute approximate surface area is 93.5 Å². The summed E-state index contributed by atoms with van der Waals surface area (Å²) in [6.07, 6.45) is 1.12. The molecule has 0 atom stereocenters. The van der Waals surface area contributed by atoms with E-state index < -0.39 is 11.8 Å². The van der Waals surface area contributed by atoms with Gasteiger partial charge in [-0.25, -0.2) is 4.79 Å². The molecule has 0 aliphatic heterocycles. The van der Waals surface area contributed by atoms with Crippen LogP contribution < -0.4 is 4.74 Å². The van der Waals surface area contributed by atoms with Gasteiger partial charge in [-0.2, -0.15) is 4.39 Å². The smallest absolute Gasteiger partial charge is 0.367 e. The first-order chi connectivity index (χ1) is 7.67. The van der Waals surface area contributed by atoms with Gasteiger partial charge < -0.3 is 9.47 Å². The Hall–Kier alpha value is -1.84. The molecule has 0 saturated carbocycles. The second-order valence-corrected chi connectivity index (χ2v) is 2.99. The molecular formula is C12H13FO3. The fourth-order valence-electron chi connectivity index (χ4n) is 1.11. The maximum Gasteiger partial charge on any atom is 0.367 e. The minimum absolute atomic E-state index is 0.155. The maximum atomic E-state index is 13.2. The summed E-state index contributed by atoms with van der Waals surface area (Å²) in [5.74, 6) is -1.18. The van der Waals surface area contributed by atoms with Gasteiger partial charge in [-0.15, -0.1) is 0 Å². The molecule has 0 bridgehead atoms. The van der Waals surface area contributed by atoms with E-state index in [-0.39, 0.29) is 6.61 Å². The number of hydrogen-bond acceptors (Lipinski definition) is 3. The van der Waals surface area contributed by atoms with Crippen LogP contribution in [0.2, 0.25) is 0 Å². The van der Waals surface area contributed by atoms with E-state index in [2.05, 4.69) is 4.74 Å². The van der Waals surface area contributed by atoms with Crippen LogP contribution in [0.1, 0.15) is 12.5 Å². The van der Waals surface area contributed by atoms with Gasteiger partial charge in [0.25, 0.3) is 0 Å². The summed E-state index contributed by atoms with van der Waals surface area (Å²) >= 11 is 0. The number of carbonyl (C=O) groups is 1. The monoisotopic (exact) mass is 224 g/mol. The molecule has 1 aromatic rings. The maximum absolute atomic E-state index is 13.2. The van der Waals surface area contributed by atoms with Crippen LogP contribution in [0.3, 0.4) is 0 Å². The minimum atomic E-state index is -0.946. The van der Waals surface area contributed by atoms with Crippen LogP contribution in [0, 0.1) is 0 Å². The third-order valence-electron chi connectivity index (χ3n) is 1.88. The molecule has 0 fully saturated rings. The van der Waals surface area contributed by atoms with Crippen molar-refractivity contribution in [3.05, 3.63) is 35.7 Å². The fourth-order valence-corrected chi connectivity index (χ4v) is 1.11. The zero-order chi connectivity index (χ0) is 12.0. The second kappa shape index (κ2) is 5.90. The van der Waals surface area contributed by atoms with Crippen LogP contribution in [0.15, 0.2) is 30.1 Å². The van der Waals surface area contributed by atoms with E-state index in [9.17, 15) is 9.18 Å². The molecule has 0 aliphatic carbocycles. The van der Waals surface area contributed by atoms with E-state index in [0.29, 0.717) is 11.3 Å². The van der Waals surface area contributed by atoms with Crippen LogP contribution >= 0.6 is 0 Å². The number of ether oxygens (including phenoxy) is 2. The van der Waals surface area contributed by atoms with Crippen molar-refractivity contribution < 1.29 is 18.7 Å². The van der Waals surface area contributed by atoms with Gasteiger partial charge in [0.1, 0.15) is 5.75 Å². The SMILES string of the molecule is CCOC(=O)/C(F)=C\c1ccc(OC)cc1. The van der Waals surface area contributed by atoms with E-state index >= 15 is 0 Å². The molecule has 4 heteroatoms. The van der Waals surface area contributed by atoms with Crippen LogP contribution in [0.4, 0.5) is 4.39 Å². The summed E-state index contributed by atoms with van der Waals surface area (Å²) in [5, 5.41) is 0. The first-order valence-electron chi connectivity index (χ1n) is 4.85. The highest BCUT2D eigenvalue weighted by Crippen LogP contribution is 2.14. The van der Waals surface area contributed by atoms with Gasteiger partial charge in [-0.1, -0.05) is 12.1 Å². The summed E-state index contributed by atoms with van der Waals surface area (Å²) in [7, 11) is 1.55. The molecule has 0 amide bonds. The number of esters is 1. The van der Waals surface area contributed by atoms with E-state index in [4.69, 9.17) is 4.74 Å². The molecule has 0 heterocycles. The average Bonchev–Trinajstić information content (AvgIpc) is 2.30. The van der Waals surface area contributed by atoms with Gasteiger partial charge in [0, 0.05) is 0 Å². The molecule has 0 radical (unpaired) electrons. The first-order valence-corrected chi connectivity index (χ1v) is 4.85. The average molecular weight is 224 g/mol. The predicted molar refractivity (Wildman–Crippen MR) is 58.7 cm³/mol. The largest absolute Gasteiger partial charge is 0.497 e. The molecule has 0 unspecified atom stereocenters. The van der Waals surface area contributed by atoms with Crippen LogP contribution in [-0.4, -0.2) is 19.7 Å². The van der Waals surface area contributed by atoms with Crippen LogP contribution in [-0.2, 0) is 9.53 Å². The van der Waals surface area contributed by atoms with Gasteiger partial charge >= 0.3 is 5.97 Å². The second-order valence-electron chi connectivity index (χ2n) is 2.99. The lowest BCUT2D eigenvalue weighted by atomic mass is 10.2. The zero-order valence-electron chi connectivity index (χ0n) is 9.20. The van der Waals surface area contributed by atoms with Crippen molar-refractivity contribution in [1.82, 2.24) is 0 Å². The molecule has 86 valence electrons. The Bertz CT molecular complexity index is 382. The van der Waals surface area contributed by atoms with Crippen molar-refractivity contribution in [2.45, 2.75) is 6.92 Å². The summed E-state index contributed by atoms with van der Waals surface area (Å²) < 4.78 is 22.7. The minimum Gasteiger partial charge on any atom is -0.497 e. The Kier molecular flexibility index (Phi) is 4.51. The number of rotatable bonds is 4. The molecule has 16 heavy (non-hydrogen) atoms. The highest BCUT2D eigenvalue weighted by atomic mass is 19.1. The summed E-state index contributed by atoms with van der Waals surface area (Å²) in [4.78, 5) is 11.0. The van der Waals surface area contributed by atoms with Crippen LogP contribution in [0.25, 0.3) is 6.08 Å². The normalized spacial score (nSPS) is 11.1. The standard InChI is InChI=1S/C12H13FO3/c1-3-16-12(14)11(13)8-9-4-6-10(15-2)7-5-9/h4-8H,3H2,1-2H3/b11-8+. The van der Waals surface area contributed by atoms with E-state index in [0.717, 1.165) is 6.08 Å². The Morgan fingerprint density at radius 1 is 1.38 bits per heavy atom. The van der Waals surface area contributed by atoms with Crippen molar-refractivity contribution in [1.29, 1.82) is 0 Å². The van der Waals surface area contributed by atoms with Gasteiger partial charge in [0.15, 0.2) is 0 Å². The quantitative estimate of drug-likeness (QED) is 0.582. The highest BCUT2D eigenvalue weighted by Gasteiger charge is 2.08. The molecule has 3 nitrogen and oxygen atoms in total. The molecule has 0 aliphatic rings. The van der Waals surface area contributed by atoms with Crippen molar-refractivity contribution in [3.63, 3.8) is 0 Å². The Morgan fingerprint density at radius 3 is 2.50 bits per heavy atom. The molecule has 0 spiro atoms. The molecular weight excluding hydrogens is 211 g/mol. The highest BCUT2D eigenvalue weighted by molar-refractivity contribution is 5.91. The van der Waals surface area contributed by atoms with Crippen molar-refractivity contribution in [2.75, 3.05) is 13.7 Å². The topological polar surface area (TPSA) is 35.5 Å². The number of benzene rings is 1. The van der Waals surface area contributed by atoms with E-state index in [1.807, 2.05) is 0 Å².